The van der Waals surface area contributed by atoms with E-state index in [1.807, 2.05) is 20.8 Å². The molecule has 0 saturated carbocycles. The topological polar surface area (TPSA) is 64.8 Å². The molecule has 1 unspecified atom stereocenters. The Kier molecular flexibility index (Phi) is 8.15. The summed E-state index contributed by atoms with van der Waals surface area (Å²) in [5.74, 6) is 0.107. The highest BCUT2D eigenvalue weighted by Crippen LogP contribution is 2.11. The zero-order chi connectivity index (χ0) is 14.2. The van der Waals surface area contributed by atoms with Crippen LogP contribution in [0.1, 0.15) is 33.6 Å². The van der Waals surface area contributed by atoms with Crippen LogP contribution in [0.15, 0.2) is 0 Å². The highest BCUT2D eigenvalue weighted by Gasteiger charge is 2.21. The number of carbonyl (C=O) groups excluding carboxylic acids is 1. The molecule has 1 atom stereocenters. The summed E-state index contributed by atoms with van der Waals surface area (Å²) in [7, 11) is 3.27. The first kappa shape index (κ1) is 17.4. The van der Waals surface area contributed by atoms with E-state index in [1.165, 1.54) is 0 Å². The van der Waals surface area contributed by atoms with Crippen molar-refractivity contribution in [3.8, 4) is 0 Å². The Morgan fingerprint density at radius 2 is 1.94 bits per heavy atom. The Morgan fingerprint density at radius 3 is 2.39 bits per heavy atom. The van der Waals surface area contributed by atoms with Gasteiger partial charge >= 0.3 is 0 Å². The minimum Gasteiger partial charge on any atom is -0.383 e. The third kappa shape index (κ3) is 7.63. The molecule has 0 fully saturated rings. The van der Waals surface area contributed by atoms with Crippen molar-refractivity contribution in [3.63, 3.8) is 0 Å². The molecule has 0 spiro atoms. The Labute approximate surface area is 111 Å². The lowest BCUT2D eigenvalue weighted by atomic mass is 9.99. The first-order valence-electron chi connectivity index (χ1n) is 6.38. The van der Waals surface area contributed by atoms with Crippen LogP contribution in [0.4, 0.5) is 0 Å². The van der Waals surface area contributed by atoms with Crippen LogP contribution in [-0.2, 0) is 14.3 Å². The van der Waals surface area contributed by atoms with Crippen LogP contribution < -0.4 is 5.73 Å². The van der Waals surface area contributed by atoms with Gasteiger partial charge in [0.25, 0.3) is 0 Å². The van der Waals surface area contributed by atoms with Crippen LogP contribution in [0.5, 0.6) is 0 Å². The van der Waals surface area contributed by atoms with E-state index < -0.39 is 0 Å². The summed E-state index contributed by atoms with van der Waals surface area (Å²) in [6.45, 7) is 7.49. The van der Waals surface area contributed by atoms with Crippen LogP contribution in [0.2, 0.25) is 0 Å². The molecule has 18 heavy (non-hydrogen) atoms. The van der Waals surface area contributed by atoms with Crippen LogP contribution in [0.25, 0.3) is 0 Å². The molecule has 0 radical (unpaired) electrons. The summed E-state index contributed by atoms with van der Waals surface area (Å²) in [5.41, 5.74) is 5.59. The van der Waals surface area contributed by atoms with E-state index in [-0.39, 0.29) is 17.5 Å². The van der Waals surface area contributed by atoms with Crippen molar-refractivity contribution in [2.75, 3.05) is 34.0 Å². The molecular formula is C13H28N2O3. The fourth-order valence-corrected chi connectivity index (χ4v) is 1.68. The minimum absolute atomic E-state index is 0.0542. The number of carbonyl (C=O) groups is 1. The molecule has 5 nitrogen and oxygen atoms in total. The van der Waals surface area contributed by atoms with Gasteiger partial charge in [-0.15, -0.1) is 0 Å². The molecule has 0 aliphatic carbocycles. The van der Waals surface area contributed by atoms with Crippen molar-refractivity contribution >= 4 is 5.91 Å². The van der Waals surface area contributed by atoms with E-state index in [1.54, 1.807) is 19.1 Å². The van der Waals surface area contributed by atoms with Crippen molar-refractivity contribution in [1.82, 2.24) is 4.90 Å². The predicted octanol–water partition coefficient (Wildman–Crippen LogP) is 1.01. The maximum atomic E-state index is 12.2. The molecule has 0 heterocycles. The average Bonchev–Trinajstić information content (AvgIpc) is 2.26. The van der Waals surface area contributed by atoms with E-state index in [9.17, 15) is 4.79 Å². The number of nitrogens with two attached hydrogens (primary N) is 1. The van der Waals surface area contributed by atoms with Gasteiger partial charge < -0.3 is 20.1 Å². The molecule has 0 aromatic carbocycles. The molecule has 0 bridgehead atoms. The first-order valence-corrected chi connectivity index (χ1v) is 6.38. The molecular weight excluding hydrogens is 232 g/mol. The van der Waals surface area contributed by atoms with Gasteiger partial charge in [-0.2, -0.15) is 0 Å². The molecule has 2 N–H and O–H groups in total. The Morgan fingerprint density at radius 1 is 1.33 bits per heavy atom. The smallest absolute Gasteiger partial charge is 0.223 e. The maximum absolute atomic E-state index is 12.2. The van der Waals surface area contributed by atoms with Crippen LogP contribution >= 0.6 is 0 Å². The quantitative estimate of drug-likeness (QED) is 0.672. The van der Waals surface area contributed by atoms with E-state index >= 15 is 0 Å². The SMILES string of the molecule is COCCN(C(=O)CCC(C)(C)N)C(C)COC. The monoisotopic (exact) mass is 260 g/mol. The Hall–Kier alpha value is -0.650. The van der Waals surface area contributed by atoms with Crippen molar-refractivity contribution in [2.45, 2.75) is 45.2 Å². The average molecular weight is 260 g/mol. The summed E-state index contributed by atoms with van der Waals surface area (Å²) in [4.78, 5) is 14.0. The number of hydrogen-bond donors (Lipinski definition) is 1. The van der Waals surface area contributed by atoms with Gasteiger partial charge in [-0.25, -0.2) is 0 Å². The van der Waals surface area contributed by atoms with Gasteiger partial charge in [0.15, 0.2) is 0 Å². The second-order valence-corrected chi connectivity index (χ2v) is 5.37. The number of amides is 1. The third-order valence-electron chi connectivity index (χ3n) is 2.78. The lowest BCUT2D eigenvalue weighted by molar-refractivity contribution is -0.135. The zero-order valence-electron chi connectivity index (χ0n) is 12.4. The van der Waals surface area contributed by atoms with Gasteiger partial charge in [0.05, 0.1) is 19.3 Å². The largest absolute Gasteiger partial charge is 0.383 e. The molecule has 0 rings (SSSR count). The highest BCUT2D eigenvalue weighted by atomic mass is 16.5. The molecule has 5 heteroatoms. The van der Waals surface area contributed by atoms with Crippen LogP contribution in [0.3, 0.4) is 0 Å². The van der Waals surface area contributed by atoms with Crippen LogP contribution in [0, 0.1) is 0 Å². The molecule has 0 aliphatic rings. The summed E-state index contributed by atoms with van der Waals surface area (Å²) in [5, 5.41) is 0. The maximum Gasteiger partial charge on any atom is 0.223 e. The first-order chi connectivity index (χ1) is 8.31. The standard InChI is InChI=1S/C13H28N2O3/c1-11(10-18-5)15(8-9-17-4)12(16)6-7-13(2,3)14/h11H,6-10,14H2,1-5H3. The number of methoxy groups -OCH3 is 2. The van der Waals surface area contributed by atoms with E-state index in [0.29, 0.717) is 32.6 Å². The fourth-order valence-electron chi connectivity index (χ4n) is 1.68. The summed E-state index contributed by atoms with van der Waals surface area (Å²) < 4.78 is 10.1. The van der Waals surface area contributed by atoms with Gasteiger partial charge in [0.2, 0.25) is 5.91 Å². The lowest BCUT2D eigenvalue weighted by Gasteiger charge is -2.30. The van der Waals surface area contributed by atoms with Crippen molar-refractivity contribution in [2.24, 2.45) is 5.73 Å². The molecule has 0 aliphatic heterocycles. The van der Waals surface area contributed by atoms with Gasteiger partial charge in [-0.1, -0.05) is 0 Å². The molecule has 0 saturated heterocycles. The normalized spacial score (nSPS) is 13.4. The van der Waals surface area contributed by atoms with Crippen molar-refractivity contribution < 1.29 is 14.3 Å². The number of hydrogen-bond acceptors (Lipinski definition) is 4. The fraction of sp³-hybridized carbons (Fsp3) is 0.923. The Balaban J connectivity index is 4.39. The molecule has 0 aromatic rings. The van der Waals surface area contributed by atoms with E-state index in [0.717, 1.165) is 0 Å². The molecule has 1 amide bonds. The third-order valence-corrected chi connectivity index (χ3v) is 2.78. The summed E-state index contributed by atoms with van der Waals surface area (Å²) in [6.07, 6.45) is 1.14. The summed E-state index contributed by atoms with van der Waals surface area (Å²) in [6, 6.07) is 0.0542. The molecule has 108 valence electrons. The highest BCUT2D eigenvalue weighted by molar-refractivity contribution is 5.76. The number of nitrogens with zero attached hydrogens (tertiary/aromatic N) is 1. The lowest BCUT2D eigenvalue weighted by Crippen LogP contribution is -2.44. The second-order valence-electron chi connectivity index (χ2n) is 5.37. The van der Waals surface area contributed by atoms with Crippen LogP contribution in [-0.4, -0.2) is 56.4 Å². The van der Waals surface area contributed by atoms with Crippen molar-refractivity contribution in [1.29, 1.82) is 0 Å². The second kappa shape index (κ2) is 8.45. The van der Waals surface area contributed by atoms with Crippen molar-refractivity contribution in [3.05, 3.63) is 0 Å². The minimum atomic E-state index is -0.312. The van der Waals surface area contributed by atoms with E-state index in [4.69, 9.17) is 15.2 Å². The van der Waals surface area contributed by atoms with Gasteiger partial charge in [0.1, 0.15) is 0 Å². The number of ether oxygens (including phenoxy) is 2. The zero-order valence-corrected chi connectivity index (χ0v) is 12.4. The summed E-state index contributed by atoms with van der Waals surface area (Å²) >= 11 is 0. The van der Waals surface area contributed by atoms with Gasteiger partial charge in [-0.3, -0.25) is 4.79 Å². The van der Waals surface area contributed by atoms with Gasteiger partial charge in [0, 0.05) is 32.7 Å². The number of rotatable bonds is 9. The Bertz CT molecular complexity index is 239. The van der Waals surface area contributed by atoms with E-state index in [2.05, 4.69) is 0 Å². The predicted molar refractivity (Wildman–Crippen MR) is 72.4 cm³/mol. The van der Waals surface area contributed by atoms with Gasteiger partial charge in [-0.05, 0) is 27.2 Å². The molecule has 0 aromatic heterocycles.